The monoisotopic (exact) mass is 293 g/mol. The van der Waals surface area contributed by atoms with Gasteiger partial charge in [0.05, 0.1) is 22.9 Å². The average molecular weight is 293 g/mol. The molecule has 1 N–H and O–H groups in total. The quantitative estimate of drug-likeness (QED) is 0.887. The molecule has 5 nitrogen and oxygen atoms in total. The SMILES string of the molecule is CCCS(=O)(=O)c1ccc(NCc2ccn(C)n2)cc1. The van der Waals surface area contributed by atoms with Crippen molar-refractivity contribution >= 4 is 15.5 Å². The molecular formula is C14H19N3O2S. The molecule has 108 valence electrons. The number of rotatable bonds is 6. The van der Waals surface area contributed by atoms with E-state index in [2.05, 4.69) is 10.4 Å². The molecule has 6 heteroatoms. The highest BCUT2D eigenvalue weighted by Crippen LogP contribution is 2.16. The number of anilines is 1. The summed E-state index contributed by atoms with van der Waals surface area (Å²) in [6.45, 7) is 2.47. The van der Waals surface area contributed by atoms with E-state index in [9.17, 15) is 8.42 Å². The number of sulfone groups is 1. The molecule has 0 bridgehead atoms. The number of nitrogens with one attached hydrogen (secondary N) is 1. The van der Waals surface area contributed by atoms with Crippen LogP contribution in [0.5, 0.6) is 0 Å². The molecule has 0 saturated carbocycles. The molecule has 0 saturated heterocycles. The van der Waals surface area contributed by atoms with E-state index >= 15 is 0 Å². The van der Waals surface area contributed by atoms with Crippen molar-refractivity contribution in [3.05, 3.63) is 42.2 Å². The molecule has 2 aromatic rings. The molecule has 1 heterocycles. The maximum Gasteiger partial charge on any atom is 0.178 e. The van der Waals surface area contributed by atoms with Gasteiger partial charge in [-0.1, -0.05) is 6.92 Å². The van der Waals surface area contributed by atoms with E-state index in [1.807, 2.05) is 26.2 Å². The summed E-state index contributed by atoms with van der Waals surface area (Å²) in [4.78, 5) is 0.378. The Balaban J connectivity index is 2.01. The fraction of sp³-hybridized carbons (Fsp3) is 0.357. The maximum atomic E-state index is 11.9. The van der Waals surface area contributed by atoms with Crippen LogP contribution in [-0.2, 0) is 23.4 Å². The highest BCUT2D eigenvalue weighted by Gasteiger charge is 2.12. The maximum absolute atomic E-state index is 11.9. The van der Waals surface area contributed by atoms with Gasteiger partial charge in [0.2, 0.25) is 0 Å². The van der Waals surface area contributed by atoms with Gasteiger partial charge in [-0.25, -0.2) is 8.42 Å². The van der Waals surface area contributed by atoms with E-state index in [1.165, 1.54) is 0 Å². The van der Waals surface area contributed by atoms with Crippen molar-refractivity contribution in [3.8, 4) is 0 Å². The van der Waals surface area contributed by atoms with E-state index in [0.29, 0.717) is 17.9 Å². The van der Waals surface area contributed by atoms with Crippen LogP contribution in [0, 0.1) is 0 Å². The normalized spacial score (nSPS) is 11.5. The molecule has 0 atom stereocenters. The number of benzene rings is 1. The fourth-order valence-corrected chi connectivity index (χ4v) is 3.24. The first kappa shape index (κ1) is 14.6. The Morgan fingerprint density at radius 3 is 2.45 bits per heavy atom. The fourth-order valence-electron chi connectivity index (χ4n) is 1.92. The van der Waals surface area contributed by atoms with Crippen LogP contribution in [0.4, 0.5) is 5.69 Å². The molecule has 2 rings (SSSR count). The van der Waals surface area contributed by atoms with Crippen LogP contribution in [-0.4, -0.2) is 24.0 Å². The Kier molecular flexibility index (Phi) is 4.44. The summed E-state index contributed by atoms with van der Waals surface area (Å²) in [6.07, 6.45) is 2.51. The Morgan fingerprint density at radius 2 is 1.90 bits per heavy atom. The number of aryl methyl sites for hydroxylation is 1. The van der Waals surface area contributed by atoms with Crippen molar-refractivity contribution in [2.75, 3.05) is 11.1 Å². The van der Waals surface area contributed by atoms with E-state index in [0.717, 1.165) is 11.4 Å². The van der Waals surface area contributed by atoms with E-state index in [4.69, 9.17) is 0 Å². The van der Waals surface area contributed by atoms with Gasteiger partial charge in [0.15, 0.2) is 9.84 Å². The minimum absolute atomic E-state index is 0.188. The molecule has 0 unspecified atom stereocenters. The molecule has 0 spiro atoms. The second-order valence-corrected chi connectivity index (χ2v) is 6.79. The molecule has 0 fully saturated rings. The summed E-state index contributed by atoms with van der Waals surface area (Å²) in [5, 5.41) is 7.48. The van der Waals surface area contributed by atoms with Gasteiger partial charge in [-0.15, -0.1) is 0 Å². The lowest BCUT2D eigenvalue weighted by Crippen LogP contribution is -2.06. The van der Waals surface area contributed by atoms with Crippen LogP contribution in [0.1, 0.15) is 19.0 Å². The van der Waals surface area contributed by atoms with Crippen molar-refractivity contribution < 1.29 is 8.42 Å². The average Bonchev–Trinajstić information content (AvgIpc) is 2.83. The topological polar surface area (TPSA) is 64.0 Å². The van der Waals surface area contributed by atoms with Crippen LogP contribution in [0.25, 0.3) is 0 Å². The second kappa shape index (κ2) is 6.09. The Bertz CT molecular complexity index is 660. The lowest BCUT2D eigenvalue weighted by molar-refractivity contribution is 0.595. The smallest absolute Gasteiger partial charge is 0.178 e. The molecule has 0 amide bonds. The van der Waals surface area contributed by atoms with Crippen molar-refractivity contribution in [2.45, 2.75) is 24.8 Å². The minimum Gasteiger partial charge on any atom is -0.379 e. The van der Waals surface area contributed by atoms with Crippen molar-refractivity contribution in [1.82, 2.24) is 9.78 Å². The van der Waals surface area contributed by atoms with Crippen LogP contribution < -0.4 is 5.32 Å². The predicted molar refractivity (Wildman–Crippen MR) is 79.3 cm³/mol. The summed E-state index contributed by atoms with van der Waals surface area (Å²) >= 11 is 0. The molecule has 0 radical (unpaired) electrons. The van der Waals surface area contributed by atoms with Crippen molar-refractivity contribution in [3.63, 3.8) is 0 Å². The lowest BCUT2D eigenvalue weighted by atomic mass is 10.3. The van der Waals surface area contributed by atoms with Gasteiger partial charge >= 0.3 is 0 Å². The third kappa shape index (κ3) is 3.60. The zero-order chi connectivity index (χ0) is 14.6. The largest absolute Gasteiger partial charge is 0.379 e. The van der Waals surface area contributed by atoms with E-state index in [1.54, 1.807) is 28.9 Å². The molecule has 20 heavy (non-hydrogen) atoms. The molecule has 0 aliphatic heterocycles. The molecule has 1 aromatic heterocycles. The number of aromatic nitrogens is 2. The van der Waals surface area contributed by atoms with Gasteiger partial charge in [0.25, 0.3) is 0 Å². The zero-order valence-corrected chi connectivity index (χ0v) is 12.5. The zero-order valence-electron chi connectivity index (χ0n) is 11.7. The Labute approximate surface area is 119 Å². The standard InChI is InChI=1S/C14H19N3O2S/c1-3-10-20(18,19)14-6-4-12(5-7-14)15-11-13-8-9-17(2)16-13/h4-9,15H,3,10-11H2,1-2H3. The number of nitrogens with zero attached hydrogens (tertiary/aromatic N) is 2. The number of hydrogen-bond donors (Lipinski definition) is 1. The van der Waals surface area contributed by atoms with Crippen LogP contribution in [0.15, 0.2) is 41.4 Å². The summed E-state index contributed by atoms with van der Waals surface area (Å²) < 4.78 is 25.5. The first-order valence-electron chi connectivity index (χ1n) is 6.56. The third-order valence-electron chi connectivity index (χ3n) is 2.93. The van der Waals surface area contributed by atoms with E-state index in [-0.39, 0.29) is 5.75 Å². The van der Waals surface area contributed by atoms with Crippen molar-refractivity contribution in [2.24, 2.45) is 7.05 Å². The minimum atomic E-state index is -3.13. The third-order valence-corrected chi connectivity index (χ3v) is 4.86. The Hall–Kier alpha value is -1.82. The van der Waals surface area contributed by atoms with Crippen LogP contribution >= 0.6 is 0 Å². The molecule has 1 aromatic carbocycles. The van der Waals surface area contributed by atoms with Gasteiger partial charge in [0.1, 0.15) is 0 Å². The van der Waals surface area contributed by atoms with Gasteiger partial charge in [-0.05, 0) is 36.8 Å². The number of hydrogen-bond acceptors (Lipinski definition) is 4. The lowest BCUT2D eigenvalue weighted by Gasteiger charge is -2.06. The molecule has 0 aliphatic rings. The van der Waals surface area contributed by atoms with Crippen molar-refractivity contribution in [1.29, 1.82) is 0 Å². The van der Waals surface area contributed by atoms with Crippen LogP contribution in [0.2, 0.25) is 0 Å². The second-order valence-electron chi connectivity index (χ2n) is 4.68. The Morgan fingerprint density at radius 1 is 1.20 bits per heavy atom. The summed E-state index contributed by atoms with van der Waals surface area (Å²) in [6, 6.07) is 8.79. The van der Waals surface area contributed by atoms with Gasteiger partial charge in [-0.3, -0.25) is 4.68 Å². The summed E-state index contributed by atoms with van der Waals surface area (Å²) in [7, 11) is -1.26. The highest BCUT2D eigenvalue weighted by atomic mass is 32.2. The summed E-state index contributed by atoms with van der Waals surface area (Å²) in [5.41, 5.74) is 1.82. The first-order chi connectivity index (χ1) is 9.51. The predicted octanol–water partition coefficient (Wildman–Crippen LogP) is 2.22. The van der Waals surface area contributed by atoms with E-state index < -0.39 is 9.84 Å². The van der Waals surface area contributed by atoms with Gasteiger partial charge in [-0.2, -0.15) is 5.10 Å². The summed E-state index contributed by atoms with van der Waals surface area (Å²) in [5.74, 6) is 0.188. The van der Waals surface area contributed by atoms with Gasteiger partial charge < -0.3 is 5.32 Å². The molecule has 0 aliphatic carbocycles. The van der Waals surface area contributed by atoms with Crippen LogP contribution in [0.3, 0.4) is 0 Å². The first-order valence-corrected chi connectivity index (χ1v) is 8.22. The molecular weight excluding hydrogens is 274 g/mol. The highest BCUT2D eigenvalue weighted by molar-refractivity contribution is 7.91. The van der Waals surface area contributed by atoms with Gasteiger partial charge in [0, 0.05) is 18.9 Å².